The van der Waals surface area contributed by atoms with E-state index < -0.39 is 0 Å². The summed E-state index contributed by atoms with van der Waals surface area (Å²) in [6, 6.07) is 1.81. The van der Waals surface area contributed by atoms with Gasteiger partial charge in [-0.1, -0.05) is 16.5 Å². The highest BCUT2D eigenvalue weighted by Crippen LogP contribution is 2.40. The lowest BCUT2D eigenvalue weighted by Crippen LogP contribution is -2.48. The molecule has 0 atom stereocenters. The fourth-order valence-electron chi connectivity index (χ4n) is 2.63. The summed E-state index contributed by atoms with van der Waals surface area (Å²) in [4.78, 5) is 16.5. The number of hydrogen-bond acceptors (Lipinski definition) is 7. The largest absolute Gasteiger partial charge is 0.360 e. The van der Waals surface area contributed by atoms with Crippen LogP contribution in [0.25, 0.3) is 0 Å². The molecule has 0 aromatic carbocycles. The first-order valence-electron chi connectivity index (χ1n) is 7.51. The predicted octanol–water partition coefficient (Wildman–Crippen LogP) is 1.67. The SMILES string of the molecule is Cc1nnc(N2CCN(C(=O)c3cc(C4CC4)on3)CC2)s1. The second kappa shape index (κ2) is 5.35. The predicted molar refractivity (Wildman–Crippen MR) is 81.2 cm³/mol. The van der Waals surface area contributed by atoms with E-state index in [1.165, 1.54) is 0 Å². The number of carbonyl (C=O) groups excluding carboxylic acids is 1. The van der Waals surface area contributed by atoms with Crippen LogP contribution in [0.2, 0.25) is 0 Å². The lowest BCUT2D eigenvalue weighted by molar-refractivity contribution is 0.0736. The molecule has 2 aromatic rings. The van der Waals surface area contributed by atoms with E-state index >= 15 is 0 Å². The van der Waals surface area contributed by atoms with Gasteiger partial charge >= 0.3 is 0 Å². The van der Waals surface area contributed by atoms with Crippen LogP contribution in [-0.4, -0.2) is 52.3 Å². The molecule has 1 amide bonds. The molecule has 4 rings (SSSR count). The third-order valence-corrected chi connectivity index (χ3v) is 4.98. The molecule has 0 N–H and O–H groups in total. The second-order valence-corrected chi connectivity index (χ2v) is 6.93. The van der Waals surface area contributed by atoms with Crippen molar-refractivity contribution in [3.63, 3.8) is 0 Å². The van der Waals surface area contributed by atoms with E-state index in [1.807, 2.05) is 11.8 Å². The van der Waals surface area contributed by atoms with Gasteiger partial charge in [0.2, 0.25) is 5.13 Å². The Morgan fingerprint density at radius 1 is 1.27 bits per heavy atom. The quantitative estimate of drug-likeness (QED) is 0.857. The molecule has 7 nitrogen and oxygen atoms in total. The number of piperazine rings is 1. The van der Waals surface area contributed by atoms with E-state index in [0.29, 0.717) is 24.7 Å². The van der Waals surface area contributed by atoms with Crippen LogP contribution in [0, 0.1) is 6.92 Å². The number of rotatable bonds is 3. The van der Waals surface area contributed by atoms with Crippen LogP contribution < -0.4 is 4.90 Å². The van der Waals surface area contributed by atoms with Crippen molar-refractivity contribution in [3.8, 4) is 0 Å². The molecule has 0 unspecified atom stereocenters. The van der Waals surface area contributed by atoms with Crippen molar-refractivity contribution in [2.24, 2.45) is 0 Å². The molecular weight excluding hydrogens is 302 g/mol. The number of aromatic nitrogens is 3. The van der Waals surface area contributed by atoms with Crippen molar-refractivity contribution in [2.75, 3.05) is 31.1 Å². The Hall–Kier alpha value is -1.96. The summed E-state index contributed by atoms with van der Waals surface area (Å²) >= 11 is 1.59. The first-order chi connectivity index (χ1) is 10.7. The van der Waals surface area contributed by atoms with Crippen LogP contribution in [0.4, 0.5) is 5.13 Å². The molecule has 0 bridgehead atoms. The van der Waals surface area contributed by atoms with E-state index in [1.54, 1.807) is 17.4 Å². The van der Waals surface area contributed by atoms with Crippen molar-refractivity contribution in [2.45, 2.75) is 25.7 Å². The molecule has 1 saturated heterocycles. The Kier molecular flexibility index (Phi) is 3.33. The fourth-order valence-corrected chi connectivity index (χ4v) is 3.37. The standard InChI is InChI=1S/C14H17N5O2S/c1-9-15-16-14(22-9)19-6-4-18(5-7-19)13(20)11-8-12(21-17-11)10-2-3-10/h8,10H,2-7H2,1H3. The molecular formula is C14H17N5O2S. The summed E-state index contributed by atoms with van der Waals surface area (Å²) in [6.45, 7) is 4.83. The van der Waals surface area contributed by atoms with Crippen molar-refractivity contribution in [1.82, 2.24) is 20.3 Å². The second-order valence-electron chi connectivity index (χ2n) is 5.77. The Morgan fingerprint density at radius 3 is 2.68 bits per heavy atom. The Bertz CT molecular complexity index is 685. The van der Waals surface area contributed by atoms with E-state index in [0.717, 1.165) is 41.8 Å². The van der Waals surface area contributed by atoms with Crippen LogP contribution in [0.1, 0.15) is 40.0 Å². The minimum Gasteiger partial charge on any atom is -0.360 e. The van der Waals surface area contributed by atoms with Gasteiger partial charge in [-0.3, -0.25) is 4.79 Å². The number of carbonyl (C=O) groups is 1. The van der Waals surface area contributed by atoms with Gasteiger partial charge < -0.3 is 14.3 Å². The molecule has 2 aliphatic rings. The molecule has 116 valence electrons. The monoisotopic (exact) mass is 319 g/mol. The summed E-state index contributed by atoms with van der Waals surface area (Å²) in [5.74, 6) is 1.29. The van der Waals surface area contributed by atoms with Gasteiger partial charge in [0.05, 0.1) is 0 Å². The lowest BCUT2D eigenvalue weighted by atomic mass is 10.2. The summed E-state index contributed by atoms with van der Waals surface area (Å²) in [6.07, 6.45) is 2.28. The number of amides is 1. The molecule has 22 heavy (non-hydrogen) atoms. The van der Waals surface area contributed by atoms with Gasteiger partial charge in [-0.05, 0) is 19.8 Å². The average Bonchev–Trinajstić information content (AvgIpc) is 3.11. The zero-order valence-corrected chi connectivity index (χ0v) is 13.2. The fraction of sp³-hybridized carbons (Fsp3) is 0.571. The maximum atomic E-state index is 12.5. The highest BCUT2D eigenvalue weighted by molar-refractivity contribution is 7.15. The molecule has 0 spiro atoms. The number of aryl methyl sites for hydroxylation is 1. The van der Waals surface area contributed by atoms with E-state index in [4.69, 9.17) is 4.52 Å². The van der Waals surface area contributed by atoms with Gasteiger partial charge in [0.25, 0.3) is 5.91 Å². The molecule has 1 saturated carbocycles. The van der Waals surface area contributed by atoms with Crippen LogP contribution in [-0.2, 0) is 0 Å². The Balaban J connectivity index is 1.38. The zero-order valence-electron chi connectivity index (χ0n) is 12.4. The highest BCUT2D eigenvalue weighted by atomic mass is 32.1. The normalized spacial score (nSPS) is 18.8. The smallest absolute Gasteiger partial charge is 0.276 e. The van der Waals surface area contributed by atoms with E-state index in [-0.39, 0.29) is 5.91 Å². The minimum atomic E-state index is -0.0382. The van der Waals surface area contributed by atoms with Crippen molar-refractivity contribution in [3.05, 3.63) is 22.5 Å². The van der Waals surface area contributed by atoms with Gasteiger partial charge in [-0.15, -0.1) is 10.2 Å². The zero-order chi connectivity index (χ0) is 15.1. The Morgan fingerprint density at radius 2 is 2.05 bits per heavy atom. The molecule has 0 radical (unpaired) electrons. The first-order valence-corrected chi connectivity index (χ1v) is 8.33. The molecule has 2 fully saturated rings. The van der Waals surface area contributed by atoms with E-state index in [2.05, 4.69) is 20.3 Å². The van der Waals surface area contributed by atoms with Gasteiger partial charge in [-0.2, -0.15) is 0 Å². The Labute approximate surface area is 131 Å². The molecule has 8 heteroatoms. The maximum absolute atomic E-state index is 12.5. The summed E-state index contributed by atoms with van der Waals surface area (Å²) in [5.41, 5.74) is 0.433. The highest BCUT2D eigenvalue weighted by Gasteiger charge is 2.31. The summed E-state index contributed by atoms with van der Waals surface area (Å²) < 4.78 is 5.27. The van der Waals surface area contributed by atoms with Crippen LogP contribution >= 0.6 is 11.3 Å². The molecule has 3 heterocycles. The number of anilines is 1. The van der Waals surface area contributed by atoms with Crippen molar-refractivity contribution in [1.29, 1.82) is 0 Å². The van der Waals surface area contributed by atoms with Gasteiger partial charge in [0.15, 0.2) is 5.69 Å². The van der Waals surface area contributed by atoms with Crippen LogP contribution in [0.3, 0.4) is 0 Å². The summed E-state index contributed by atoms with van der Waals surface area (Å²) in [7, 11) is 0. The van der Waals surface area contributed by atoms with Gasteiger partial charge in [0.1, 0.15) is 10.8 Å². The maximum Gasteiger partial charge on any atom is 0.276 e. The molecule has 1 aliphatic heterocycles. The third kappa shape index (κ3) is 2.58. The third-order valence-electron chi connectivity index (χ3n) is 4.08. The van der Waals surface area contributed by atoms with E-state index in [9.17, 15) is 4.79 Å². The first kappa shape index (κ1) is 13.7. The molecule has 2 aromatic heterocycles. The van der Waals surface area contributed by atoms with Crippen molar-refractivity contribution >= 4 is 22.4 Å². The topological polar surface area (TPSA) is 75.4 Å². The molecule has 1 aliphatic carbocycles. The van der Waals surface area contributed by atoms with Gasteiger partial charge in [-0.25, -0.2) is 0 Å². The van der Waals surface area contributed by atoms with Crippen LogP contribution in [0.5, 0.6) is 0 Å². The lowest BCUT2D eigenvalue weighted by Gasteiger charge is -2.33. The number of nitrogens with zero attached hydrogens (tertiary/aromatic N) is 5. The van der Waals surface area contributed by atoms with Gasteiger partial charge in [0, 0.05) is 38.2 Å². The van der Waals surface area contributed by atoms with Crippen molar-refractivity contribution < 1.29 is 9.32 Å². The minimum absolute atomic E-state index is 0.0382. The average molecular weight is 319 g/mol. The van der Waals surface area contributed by atoms with Crippen LogP contribution in [0.15, 0.2) is 10.6 Å². The number of hydrogen-bond donors (Lipinski definition) is 0. The summed E-state index contributed by atoms with van der Waals surface area (Å²) in [5, 5.41) is 14.0.